The van der Waals surface area contributed by atoms with E-state index in [0.717, 1.165) is 42.0 Å². The molecule has 0 amide bonds. The van der Waals surface area contributed by atoms with E-state index in [-0.39, 0.29) is 0 Å². The Labute approximate surface area is 176 Å². The summed E-state index contributed by atoms with van der Waals surface area (Å²) in [5.74, 6) is 3.98. The second kappa shape index (κ2) is 10.7. The average Bonchev–Trinajstić information content (AvgIpc) is 3.17. The minimum Gasteiger partial charge on any atom is -0.496 e. The molecule has 0 aliphatic rings. The van der Waals surface area contributed by atoms with Crippen molar-refractivity contribution < 1.29 is 4.74 Å². The quantitative estimate of drug-likeness (QED) is 0.319. The van der Waals surface area contributed by atoms with Crippen LogP contribution in [0.3, 0.4) is 0 Å². The lowest BCUT2D eigenvalue weighted by Crippen LogP contribution is -2.39. The van der Waals surface area contributed by atoms with Gasteiger partial charge < -0.3 is 15.4 Å². The number of hydrogen-bond donors (Lipinski definition) is 2. The van der Waals surface area contributed by atoms with Crippen LogP contribution in [0.25, 0.3) is 5.65 Å². The number of pyridine rings is 1. The van der Waals surface area contributed by atoms with Crippen molar-refractivity contribution >= 4 is 23.4 Å². The van der Waals surface area contributed by atoms with E-state index >= 15 is 0 Å². The third kappa shape index (κ3) is 5.87. The van der Waals surface area contributed by atoms with Gasteiger partial charge in [0, 0.05) is 29.9 Å². The highest BCUT2D eigenvalue weighted by atomic mass is 32.2. The molecule has 29 heavy (non-hydrogen) atoms. The Morgan fingerprint density at radius 2 is 2.00 bits per heavy atom. The van der Waals surface area contributed by atoms with Crippen LogP contribution in [0.4, 0.5) is 0 Å². The number of para-hydroxylation sites is 1. The summed E-state index contributed by atoms with van der Waals surface area (Å²) in [5.41, 5.74) is 0.831. The number of rotatable bonds is 9. The van der Waals surface area contributed by atoms with E-state index in [1.807, 2.05) is 58.8 Å². The predicted molar refractivity (Wildman–Crippen MR) is 119 cm³/mol. The molecule has 0 saturated heterocycles. The van der Waals surface area contributed by atoms with Crippen LogP contribution in [0.5, 0.6) is 5.75 Å². The van der Waals surface area contributed by atoms with Crippen molar-refractivity contribution in [2.75, 3.05) is 26.0 Å². The maximum atomic E-state index is 5.43. The van der Waals surface area contributed by atoms with Gasteiger partial charge in [0.25, 0.3) is 0 Å². The van der Waals surface area contributed by atoms with Crippen LogP contribution in [-0.4, -0.2) is 46.5 Å². The number of nitrogens with zero attached hydrogens (tertiary/aromatic N) is 4. The molecule has 0 aliphatic carbocycles. The number of methoxy groups -OCH3 is 1. The molecule has 0 bridgehead atoms. The van der Waals surface area contributed by atoms with Gasteiger partial charge in [0.1, 0.15) is 12.3 Å². The average molecular weight is 413 g/mol. The van der Waals surface area contributed by atoms with Crippen LogP contribution in [0.15, 0.2) is 58.5 Å². The zero-order valence-electron chi connectivity index (χ0n) is 17.1. The van der Waals surface area contributed by atoms with Crippen molar-refractivity contribution in [2.24, 2.45) is 10.9 Å². The molecule has 0 saturated carbocycles. The summed E-state index contributed by atoms with van der Waals surface area (Å²) in [5, 5.41) is 15.1. The summed E-state index contributed by atoms with van der Waals surface area (Å²) in [7, 11) is 1.71. The molecular formula is C21H28N6OS. The second-order valence-corrected chi connectivity index (χ2v) is 7.75. The molecule has 3 rings (SSSR count). The minimum atomic E-state index is 0.461. The first kappa shape index (κ1) is 21.0. The van der Waals surface area contributed by atoms with Crippen LogP contribution < -0.4 is 15.4 Å². The molecule has 154 valence electrons. The van der Waals surface area contributed by atoms with Crippen LogP contribution in [-0.2, 0) is 6.54 Å². The van der Waals surface area contributed by atoms with Crippen LogP contribution in [0.1, 0.15) is 19.7 Å². The lowest BCUT2D eigenvalue weighted by molar-refractivity contribution is 0.405. The third-order valence-electron chi connectivity index (χ3n) is 4.32. The second-order valence-electron chi connectivity index (χ2n) is 6.69. The van der Waals surface area contributed by atoms with Crippen molar-refractivity contribution in [3.8, 4) is 5.75 Å². The number of guanidine groups is 1. The van der Waals surface area contributed by atoms with Crippen molar-refractivity contribution in [3.63, 3.8) is 0 Å². The molecule has 2 aromatic heterocycles. The van der Waals surface area contributed by atoms with E-state index < -0.39 is 0 Å². The molecule has 1 atom stereocenters. The van der Waals surface area contributed by atoms with E-state index in [9.17, 15) is 0 Å². The van der Waals surface area contributed by atoms with E-state index in [0.29, 0.717) is 12.5 Å². The fourth-order valence-electron chi connectivity index (χ4n) is 2.79. The lowest BCUT2D eigenvalue weighted by atomic mass is 10.2. The highest BCUT2D eigenvalue weighted by molar-refractivity contribution is 7.99. The number of aromatic nitrogens is 3. The first-order valence-electron chi connectivity index (χ1n) is 9.78. The van der Waals surface area contributed by atoms with E-state index in [4.69, 9.17) is 4.74 Å². The molecule has 0 fully saturated rings. The number of thioether (sulfide) groups is 1. The van der Waals surface area contributed by atoms with Gasteiger partial charge in [-0.1, -0.05) is 25.1 Å². The van der Waals surface area contributed by atoms with Crippen LogP contribution in [0, 0.1) is 5.92 Å². The number of nitrogens with one attached hydrogen (secondary N) is 2. The molecule has 1 aromatic carbocycles. The van der Waals surface area contributed by atoms with E-state index in [1.165, 1.54) is 4.90 Å². The fourth-order valence-corrected chi connectivity index (χ4v) is 3.84. The molecule has 0 spiro atoms. The molecule has 1 unspecified atom stereocenters. The Kier molecular flexibility index (Phi) is 7.75. The maximum Gasteiger partial charge on any atom is 0.191 e. The first-order chi connectivity index (χ1) is 14.2. The van der Waals surface area contributed by atoms with E-state index in [1.54, 1.807) is 7.11 Å². The number of benzene rings is 1. The van der Waals surface area contributed by atoms with Crippen molar-refractivity contribution in [3.05, 3.63) is 54.5 Å². The molecular weight excluding hydrogens is 384 g/mol. The third-order valence-corrected chi connectivity index (χ3v) is 5.70. The largest absolute Gasteiger partial charge is 0.496 e. The molecule has 2 N–H and O–H groups in total. The summed E-state index contributed by atoms with van der Waals surface area (Å²) < 4.78 is 7.38. The van der Waals surface area contributed by atoms with Gasteiger partial charge in [-0.2, -0.15) is 0 Å². The van der Waals surface area contributed by atoms with Crippen LogP contribution in [0.2, 0.25) is 0 Å². The summed E-state index contributed by atoms with van der Waals surface area (Å²) in [6, 6.07) is 14.0. The topological polar surface area (TPSA) is 75.8 Å². The summed E-state index contributed by atoms with van der Waals surface area (Å²) in [4.78, 5) is 5.84. The van der Waals surface area contributed by atoms with Crippen molar-refractivity contribution in [1.82, 2.24) is 25.2 Å². The molecule has 7 nitrogen and oxygen atoms in total. The van der Waals surface area contributed by atoms with Crippen molar-refractivity contribution in [1.29, 1.82) is 0 Å². The molecule has 8 heteroatoms. The number of aliphatic imine (C=N–C) groups is 1. The van der Waals surface area contributed by atoms with Gasteiger partial charge in [0.05, 0.1) is 7.11 Å². The maximum absolute atomic E-state index is 5.43. The van der Waals surface area contributed by atoms with Gasteiger partial charge in [0.15, 0.2) is 17.4 Å². The van der Waals surface area contributed by atoms with Crippen LogP contribution >= 0.6 is 11.8 Å². The first-order valence-corrected chi connectivity index (χ1v) is 10.8. The molecule has 2 heterocycles. The van der Waals surface area contributed by atoms with E-state index in [2.05, 4.69) is 45.7 Å². The molecule has 3 aromatic rings. The zero-order chi connectivity index (χ0) is 20.5. The fraction of sp³-hybridized carbons (Fsp3) is 0.381. The van der Waals surface area contributed by atoms with Gasteiger partial charge in [-0.25, -0.2) is 4.99 Å². The highest BCUT2D eigenvalue weighted by Gasteiger charge is 2.09. The lowest BCUT2D eigenvalue weighted by Gasteiger charge is -2.16. The Bertz CT molecular complexity index is 942. The molecule has 0 radical (unpaired) electrons. The Hall–Kier alpha value is -2.74. The SMILES string of the molecule is CCNC(=NCc1nnc2ccccn12)NCC(C)CSc1ccccc1OC. The Morgan fingerprint density at radius 1 is 1.17 bits per heavy atom. The normalized spacial score (nSPS) is 12.7. The number of fused-ring (bicyclic) bond motifs is 1. The van der Waals surface area contributed by atoms with Gasteiger partial charge in [-0.05, 0) is 37.1 Å². The number of ether oxygens (including phenoxy) is 1. The Morgan fingerprint density at radius 3 is 2.83 bits per heavy atom. The highest BCUT2D eigenvalue weighted by Crippen LogP contribution is 2.29. The van der Waals surface area contributed by atoms with Gasteiger partial charge in [0.2, 0.25) is 0 Å². The van der Waals surface area contributed by atoms with Gasteiger partial charge in [-0.3, -0.25) is 4.40 Å². The monoisotopic (exact) mass is 412 g/mol. The minimum absolute atomic E-state index is 0.461. The van der Waals surface area contributed by atoms with Crippen molar-refractivity contribution in [2.45, 2.75) is 25.3 Å². The summed E-state index contributed by atoms with van der Waals surface area (Å²) >= 11 is 1.81. The smallest absolute Gasteiger partial charge is 0.191 e. The standard InChI is InChI=1S/C21H28N6OS/c1-4-22-21(24-14-20-26-25-19-11-7-8-12-27(19)20)23-13-16(2)15-29-18-10-6-5-9-17(18)28-3/h5-12,16H,4,13-15H2,1-3H3,(H2,22,23,24). The summed E-state index contributed by atoms with van der Waals surface area (Å²) in [6.45, 7) is 6.38. The Balaban J connectivity index is 1.53. The summed E-state index contributed by atoms with van der Waals surface area (Å²) in [6.07, 6.45) is 1.96. The predicted octanol–water partition coefficient (Wildman–Crippen LogP) is 3.22. The van der Waals surface area contributed by atoms with Gasteiger partial charge >= 0.3 is 0 Å². The number of hydrogen-bond acceptors (Lipinski definition) is 5. The van der Waals surface area contributed by atoms with Gasteiger partial charge in [-0.15, -0.1) is 22.0 Å². The zero-order valence-corrected chi connectivity index (χ0v) is 17.9. The molecule has 0 aliphatic heterocycles.